The predicted octanol–water partition coefficient (Wildman–Crippen LogP) is 2.12. The van der Waals surface area contributed by atoms with Crippen molar-refractivity contribution in [2.75, 3.05) is 19.7 Å². The Labute approximate surface area is 161 Å². The van der Waals surface area contributed by atoms with Crippen LogP contribution < -0.4 is 16.1 Å². The first-order valence-electron chi connectivity index (χ1n) is 9.03. The maximum atomic E-state index is 13.3. The quantitative estimate of drug-likeness (QED) is 0.391. The van der Waals surface area contributed by atoms with Crippen molar-refractivity contribution < 1.29 is 23.5 Å². The fourth-order valence-electron chi connectivity index (χ4n) is 2.41. The van der Waals surface area contributed by atoms with E-state index in [1.54, 1.807) is 33.8 Å². The summed E-state index contributed by atoms with van der Waals surface area (Å²) >= 11 is 0. The minimum atomic E-state index is -0.548. The van der Waals surface area contributed by atoms with Crippen LogP contribution in [-0.2, 0) is 14.3 Å². The molecule has 0 saturated carbocycles. The molecule has 27 heavy (non-hydrogen) atoms. The SMILES string of the molecule is [B]c1cc(F)ccc1[C@@H](CC(=O)OCC)NCCCNC(=O)OC(C)(C)C. The highest BCUT2D eigenvalue weighted by molar-refractivity contribution is 6.33. The van der Waals surface area contributed by atoms with Crippen LogP contribution in [0.5, 0.6) is 0 Å². The fraction of sp³-hybridized carbons (Fsp3) is 0.579. The molecule has 1 aromatic carbocycles. The Hall–Kier alpha value is -2.09. The number of esters is 1. The van der Waals surface area contributed by atoms with E-state index in [1.165, 1.54) is 12.1 Å². The second-order valence-electron chi connectivity index (χ2n) is 7.07. The molecular formula is C19H28BFN2O4. The van der Waals surface area contributed by atoms with Gasteiger partial charge in [0.15, 0.2) is 0 Å². The third-order valence-electron chi connectivity index (χ3n) is 3.51. The van der Waals surface area contributed by atoms with E-state index in [1.807, 2.05) is 0 Å². The first-order chi connectivity index (χ1) is 12.6. The number of rotatable bonds is 9. The lowest BCUT2D eigenvalue weighted by Crippen LogP contribution is -2.35. The average molecular weight is 378 g/mol. The molecule has 0 unspecified atom stereocenters. The largest absolute Gasteiger partial charge is 0.466 e. The van der Waals surface area contributed by atoms with Gasteiger partial charge in [0.1, 0.15) is 19.3 Å². The highest BCUT2D eigenvalue weighted by atomic mass is 19.1. The third kappa shape index (κ3) is 9.42. The molecule has 8 heteroatoms. The van der Waals surface area contributed by atoms with Gasteiger partial charge in [0.25, 0.3) is 0 Å². The lowest BCUT2D eigenvalue weighted by molar-refractivity contribution is -0.143. The monoisotopic (exact) mass is 378 g/mol. The Morgan fingerprint density at radius 1 is 1.26 bits per heavy atom. The van der Waals surface area contributed by atoms with Gasteiger partial charge in [-0.05, 0) is 58.4 Å². The number of carbonyl (C=O) groups is 2. The van der Waals surface area contributed by atoms with E-state index >= 15 is 0 Å². The molecule has 0 aliphatic carbocycles. The molecule has 2 radical (unpaired) electrons. The van der Waals surface area contributed by atoms with Crippen molar-refractivity contribution in [3.63, 3.8) is 0 Å². The Morgan fingerprint density at radius 2 is 1.96 bits per heavy atom. The lowest BCUT2D eigenvalue weighted by Gasteiger charge is -2.21. The van der Waals surface area contributed by atoms with Crippen molar-refractivity contribution >= 4 is 25.4 Å². The number of alkyl carbamates (subject to hydrolysis) is 1. The molecule has 0 aliphatic heterocycles. The molecule has 1 rings (SSSR count). The Kier molecular flexibility index (Phi) is 9.28. The molecule has 0 fully saturated rings. The van der Waals surface area contributed by atoms with Crippen molar-refractivity contribution in [2.45, 2.75) is 52.2 Å². The van der Waals surface area contributed by atoms with E-state index in [-0.39, 0.29) is 24.5 Å². The van der Waals surface area contributed by atoms with Crippen molar-refractivity contribution in [3.8, 4) is 0 Å². The number of nitrogens with one attached hydrogen (secondary N) is 2. The second-order valence-corrected chi connectivity index (χ2v) is 7.07. The van der Waals surface area contributed by atoms with Crippen molar-refractivity contribution in [1.82, 2.24) is 10.6 Å². The topological polar surface area (TPSA) is 76.7 Å². The van der Waals surface area contributed by atoms with Crippen LogP contribution in [0.3, 0.4) is 0 Å². The molecule has 6 nitrogen and oxygen atoms in total. The van der Waals surface area contributed by atoms with E-state index in [4.69, 9.17) is 17.3 Å². The van der Waals surface area contributed by atoms with Gasteiger partial charge < -0.3 is 20.1 Å². The number of benzene rings is 1. The van der Waals surface area contributed by atoms with Gasteiger partial charge in [-0.15, -0.1) is 0 Å². The minimum absolute atomic E-state index is 0.0726. The van der Waals surface area contributed by atoms with Crippen molar-refractivity contribution in [1.29, 1.82) is 0 Å². The molecule has 1 atom stereocenters. The normalized spacial score (nSPS) is 12.3. The molecule has 148 valence electrons. The zero-order valence-corrected chi connectivity index (χ0v) is 16.4. The summed E-state index contributed by atoms with van der Waals surface area (Å²) in [4.78, 5) is 23.5. The maximum absolute atomic E-state index is 13.3. The van der Waals surface area contributed by atoms with E-state index < -0.39 is 23.6 Å². The first kappa shape index (κ1) is 23.0. The number of hydrogen-bond donors (Lipinski definition) is 2. The van der Waals surface area contributed by atoms with E-state index in [2.05, 4.69) is 10.6 Å². The second kappa shape index (κ2) is 10.9. The number of hydrogen-bond acceptors (Lipinski definition) is 5. The van der Waals surface area contributed by atoms with Crippen LogP contribution in [0, 0.1) is 5.82 Å². The molecule has 0 heterocycles. The van der Waals surface area contributed by atoms with Gasteiger partial charge in [-0.25, -0.2) is 9.18 Å². The maximum Gasteiger partial charge on any atom is 0.407 e. The summed E-state index contributed by atoms with van der Waals surface area (Å²) < 4.78 is 23.4. The third-order valence-corrected chi connectivity index (χ3v) is 3.51. The number of amides is 1. The van der Waals surface area contributed by atoms with Crippen LogP contribution in [0.2, 0.25) is 0 Å². The fourth-order valence-corrected chi connectivity index (χ4v) is 2.41. The summed E-state index contributed by atoms with van der Waals surface area (Å²) in [6.07, 6.45) is 0.205. The van der Waals surface area contributed by atoms with Crippen LogP contribution in [0.4, 0.5) is 9.18 Å². The summed E-state index contributed by atoms with van der Waals surface area (Å²) in [6.45, 7) is 8.31. The van der Waals surface area contributed by atoms with Crippen LogP contribution in [0.25, 0.3) is 0 Å². The first-order valence-corrected chi connectivity index (χ1v) is 9.03. The number of ether oxygens (including phenoxy) is 2. The van der Waals surface area contributed by atoms with E-state index in [0.717, 1.165) is 0 Å². The molecule has 0 bridgehead atoms. The molecule has 0 aromatic heterocycles. The van der Waals surface area contributed by atoms with Gasteiger partial charge in [-0.2, -0.15) is 0 Å². The zero-order chi connectivity index (χ0) is 20.4. The lowest BCUT2D eigenvalue weighted by atomic mass is 9.86. The zero-order valence-electron chi connectivity index (χ0n) is 16.4. The molecule has 2 N–H and O–H groups in total. The molecular weight excluding hydrogens is 350 g/mol. The summed E-state index contributed by atoms with van der Waals surface area (Å²) in [5.74, 6) is -0.807. The van der Waals surface area contributed by atoms with Gasteiger partial charge in [0.2, 0.25) is 0 Å². The summed E-state index contributed by atoms with van der Waals surface area (Å²) in [5, 5.41) is 5.88. The molecule has 1 aromatic rings. The van der Waals surface area contributed by atoms with Gasteiger partial charge in [-0.3, -0.25) is 4.79 Å². The van der Waals surface area contributed by atoms with E-state index in [9.17, 15) is 14.0 Å². The average Bonchev–Trinajstić information content (AvgIpc) is 2.52. The van der Waals surface area contributed by atoms with E-state index in [0.29, 0.717) is 25.1 Å². The Morgan fingerprint density at radius 3 is 2.56 bits per heavy atom. The van der Waals surface area contributed by atoms with Crippen molar-refractivity contribution in [3.05, 3.63) is 29.6 Å². The smallest absolute Gasteiger partial charge is 0.407 e. The van der Waals surface area contributed by atoms with Crippen molar-refractivity contribution in [2.24, 2.45) is 0 Å². The van der Waals surface area contributed by atoms with Crippen LogP contribution in [-0.4, -0.2) is 45.2 Å². The Balaban J connectivity index is 2.57. The van der Waals surface area contributed by atoms with Crippen LogP contribution >= 0.6 is 0 Å². The minimum Gasteiger partial charge on any atom is -0.466 e. The van der Waals surface area contributed by atoms with Gasteiger partial charge in [-0.1, -0.05) is 11.5 Å². The van der Waals surface area contributed by atoms with Gasteiger partial charge in [0, 0.05) is 12.6 Å². The highest BCUT2D eigenvalue weighted by Crippen LogP contribution is 2.16. The standard InChI is InChI=1S/C19H28BFN2O4/c1-5-26-17(24)12-16(14-8-7-13(21)11-15(14)20)22-9-6-10-23-18(25)27-19(2,3)4/h7-8,11,16,22H,5-6,9-10,12H2,1-4H3,(H,23,25)/t16-/m1/s1. The molecule has 1 amide bonds. The molecule has 0 saturated heterocycles. The summed E-state index contributed by atoms with van der Waals surface area (Å²) in [7, 11) is 5.90. The highest BCUT2D eigenvalue weighted by Gasteiger charge is 2.19. The summed E-state index contributed by atoms with van der Waals surface area (Å²) in [6, 6.07) is 3.67. The van der Waals surface area contributed by atoms with Gasteiger partial charge >= 0.3 is 12.1 Å². The van der Waals surface area contributed by atoms with Crippen LogP contribution in [0.15, 0.2) is 18.2 Å². The Bertz CT molecular complexity index is 635. The van der Waals surface area contributed by atoms with Crippen LogP contribution in [0.1, 0.15) is 52.1 Å². The number of carbonyl (C=O) groups excluding carboxylic acids is 2. The number of halogens is 1. The predicted molar refractivity (Wildman–Crippen MR) is 103 cm³/mol. The van der Waals surface area contributed by atoms with Gasteiger partial charge in [0.05, 0.1) is 13.0 Å². The molecule has 0 aliphatic rings. The summed E-state index contributed by atoms with van der Waals surface area (Å²) in [5.41, 5.74) is 0.348. The molecule has 0 spiro atoms.